The van der Waals surface area contributed by atoms with Gasteiger partial charge in [0, 0.05) is 24.7 Å². The number of fused-ring (bicyclic) bond motifs is 1. The van der Waals surface area contributed by atoms with Crippen LogP contribution in [0.5, 0.6) is 0 Å². The van der Waals surface area contributed by atoms with Crippen LogP contribution >= 0.6 is 0 Å². The summed E-state index contributed by atoms with van der Waals surface area (Å²) in [5, 5.41) is 10.8. The van der Waals surface area contributed by atoms with E-state index >= 15 is 0 Å². The molecule has 4 heteroatoms. The molecule has 4 nitrogen and oxygen atoms in total. The Kier molecular flexibility index (Phi) is 4.95. The molecule has 1 aromatic heterocycles. The molecule has 0 bridgehead atoms. The maximum absolute atomic E-state index is 11.8. The zero-order valence-corrected chi connectivity index (χ0v) is 15.0. The Bertz CT molecular complexity index is 740. The fourth-order valence-corrected chi connectivity index (χ4v) is 3.76. The summed E-state index contributed by atoms with van der Waals surface area (Å²) in [6.45, 7) is 10.6. The average Bonchev–Trinajstić information content (AvgIpc) is 3.19. The van der Waals surface area contributed by atoms with Gasteiger partial charge in [0.2, 0.25) is 0 Å². The molecule has 24 heavy (non-hydrogen) atoms. The highest BCUT2D eigenvalue weighted by molar-refractivity contribution is 6.04. The minimum atomic E-state index is -0.832. The van der Waals surface area contributed by atoms with E-state index in [0.717, 1.165) is 36.0 Å². The zero-order valence-electron chi connectivity index (χ0n) is 15.0. The van der Waals surface area contributed by atoms with E-state index in [-0.39, 0.29) is 0 Å². The molecule has 1 saturated heterocycles. The molecule has 130 valence electrons. The lowest BCUT2D eigenvalue weighted by Gasteiger charge is -2.14. The summed E-state index contributed by atoms with van der Waals surface area (Å²) in [4.78, 5) is 14.3. The molecule has 0 spiro atoms. The van der Waals surface area contributed by atoms with Gasteiger partial charge in [-0.3, -0.25) is 0 Å². The third-order valence-corrected chi connectivity index (χ3v) is 5.21. The van der Waals surface area contributed by atoms with Crippen molar-refractivity contribution in [3.8, 4) is 0 Å². The van der Waals surface area contributed by atoms with E-state index in [1.54, 1.807) is 0 Å². The summed E-state index contributed by atoms with van der Waals surface area (Å²) in [7, 11) is 0. The van der Waals surface area contributed by atoms with Crippen LogP contribution in [0.25, 0.3) is 10.9 Å². The van der Waals surface area contributed by atoms with Gasteiger partial charge < -0.3 is 14.6 Å². The lowest BCUT2D eigenvalue weighted by molar-refractivity contribution is 0.0698. The van der Waals surface area contributed by atoms with Crippen LogP contribution < -0.4 is 0 Å². The molecule has 2 aromatic rings. The Morgan fingerprint density at radius 2 is 1.96 bits per heavy atom. The van der Waals surface area contributed by atoms with Gasteiger partial charge in [-0.15, -0.1) is 0 Å². The fraction of sp³-hybridized carbons (Fsp3) is 0.550. The Morgan fingerprint density at radius 1 is 1.25 bits per heavy atom. The number of aromatic carboxylic acids is 1. The van der Waals surface area contributed by atoms with Gasteiger partial charge in [0.15, 0.2) is 0 Å². The summed E-state index contributed by atoms with van der Waals surface area (Å²) in [6, 6.07) is 4.06. The van der Waals surface area contributed by atoms with Crippen molar-refractivity contribution in [1.82, 2.24) is 9.47 Å². The average molecular weight is 328 g/mol. The highest BCUT2D eigenvalue weighted by Crippen LogP contribution is 2.30. The van der Waals surface area contributed by atoms with Gasteiger partial charge in [-0.2, -0.15) is 0 Å². The maximum atomic E-state index is 11.8. The molecule has 0 aliphatic carbocycles. The minimum absolute atomic E-state index is 0.323. The molecule has 1 aliphatic heterocycles. The number of carbonyl (C=O) groups is 1. The summed E-state index contributed by atoms with van der Waals surface area (Å²) in [5.74, 6) is -0.509. The van der Waals surface area contributed by atoms with Gasteiger partial charge in [-0.25, -0.2) is 4.79 Å². The number of nitrogens with zero attached hydrogens (tertiary/aromatic N) is 2. The SMILES string of the molecule is CCn1cc(CCN2CCCC2)c2cc(C(C)C)cc(C(=O)O)c21. The second-order valence-corrected chi connectivity index (χ2v) is 7.16. The van der Waals surface area contributed by atoms with Crippen molar-refractivity contribution in [1.29, 1.82) is 0 Å². The number of aromatic nitrogens is 1. The second kappa shape index (κ2) is 6.98. The standard InChI is InChI=1S/C20H28N2O2/c1-4-22-13-15(7-10-21-8-5-6-9-21)17-11-16(14(2)3)12-18(19(17)22)20(23)24/h11-14H,4-10H2,1-3H3,(H,23,24). The highest BCUT2D eigenvalue weighted by atomic mass is 16.4. The molecule has 2 heterocycles. The number of rotatable bonds is 6. The second-order valence-electron chi connectivity index (χ2n) is 7.16. The summed E-state index contributed by atoms with van der Waals surface area (Å²) >= 11 is 0. The predicted molar refractivity (Wildman–Crippen MR) is 98.0 cm³/mol. The number of carboxylic acid groups (broad SMARTS) is 1. The number of hydrogen-bond donors (Lipinski definition) is 1. The van der Waals surface area contributed by atoms with Crippen molar-refractivity contribution in [2.24, 2.45) is 0 Å². The molecule has 3 rings (SSSR count). The van der Waals surface area contributed by atoms with Crippen LogP contribution in [0.4, 0.5) is 0 Å². The molecule has 1 aliphatic rings. The molecule has 1 aromatic carbocycles. The van der Waals surface area contributed by atoms with Gasteiger partial charge >= 0.3 is 5.97 Å². The van der Waals surface area contributed by atoms with Crippen molar-refractivity contribution in [2.45, 2.75) is 52.5 Å². The first-order chi connectivity index (χ1) is 11.5. The van der Waals surface area contributed by atoms with Crippen molar-refractivity contribution in [3.63, 3.8) is 0 Å². The first-order valence-corrected chi connectivity index (χ1v) is 9.12. The summed E-state index contributed by atoms with van der Waals surface area (Å²) in [5.41, 5.74) is 3.70. The van der Waals surface area contributed by atoms with Crippen LogP contribution in [0.1, 0.15) is 61.0 Å². The van der Waals surface area contributed by atoms with Gasteiger partial charge in [0.05, 0.1) is 11.1 Å². The van der Waals surface area contributed by atoms with Crippen LogP contribution in [0.3, 0.4) is 0 Å². The first-order valence-electron chi connectivity index (χ1n) is 9.12. The number of aryl methyl sites for hydroxylation is 1. The monoisotopic (exact) mass is 328 g/mol. The molecular formula is C20H28N2O2. The molecule has 0 radical (unpaired) electrons. The zero-order chi connectivity index (χ0) is 17.3. The van der Waals surface area contributed by atoms with Crippen LogP contribution in [0.2, 0.25) is 0 Å². The summed E-state index contributed by atoms with van der Waals surface area (Å²) < 4.78 is 2.10. The van der Waals surface area contributed by atoms with E-state index in [4.69, 9.17) is 0 Å². The van der Waals surface area contributed by atoms with E-state index in [0.29, 0.717) is 11.5 Å². The van der Waals surface area contributed by atoms with E-state index in [1.807, 2.05) is 6.07 Å². The maximum Gasteiger partial charge on any atom is 0.337 e. The molecule has 0 amide bonds. The van der Waals surface area contributed by atoms with E-state index in [9.17, 15) is 9.90 Å². The van der Waals surface area contributed by atoms with Gasteiger partial charge in [-0.1, -0.05) is 13.8 Å². The largest absolute Gasteiger partial charge is 0.478 e. The van der Waals surface area contributed by atoms with Crippen LogP contribution in [-0.4, -0.2) is 40.2 Å². The highest BCUT2D eigenvalue weighted by Gasteiger charge is 2.19. The molecule has 1 N–H and O–H groups in total. The van der Waals surface area contributed by atoms with E-state index < -0.39 is 5.97 Å². The third kappa shape index (κ3) is 3.20. The smallest absolute Gasteiger partial charge is 0.337 e. The molecular weight excluding hydrogens is 300 g/mol. The molecule has 0 atom stereocenters. The van der Waals surface area contributed by atoms with E-state index in [2.05, 4.69) is 42.5 Å². The molecule has 0 saturated carbocycles. The first kappa shape index (κ1) is 17.0. The Labute approximate surface area is 144 Å². The lowest BCUT2D eigenvalue weighted by atomic mass is 9.96. The number of carboxylic acids is 1. The van der Waals surface area contributed by atoms with Gasteiger partial charge in [-0.05, 0) is 68.5 Å². The third-order valence-electron chi connectivity index (χ3n) is 5.21. The van der Waals surface area contributed by atoms with Gasteiger partial charge in [0.25, 0.3) is 0 Å². The van der Waals surface area contributed by atoms with Crippen molar-refractivity contribution < 1.29 is 9.90 Å². The summed E-state index contributed by atoms with van der Waals surface area (Å²) in [6.07, 6.45) is 5.76. The number of likely N-dealkylation sites (tertiary alicyclic amines) is 1. The molecule has 1 fully saturated rings. The lowest BCUT2D eigenvalue weighted by Crippen LogP contribution is -2.21. The Morgan fingerprint density at radius 3 is 2.54 bits per heavy atom. The van der Waals surface area contributed by atoms with Crippen LogP contribution in [0, 0.1) is 0 Å². The number of benzene rings is 1. The Balaban J connectivity index is 2.06. The molecule has 0 unspecified atom stereocenters. The van der Waals surface area contributed by atoms with Crippen LogP contribution in [0.15, 0.2) is 18.3 Å². The fourth-order valence-electron chi connectivity index (χ4n) is 3.76. The topological polar surface area (TPSA) is 45.5 Å². The van der Waals surface area contributed by atoms with Gasteiger partial charge in [0.1, 0.15) is 0 Å². The number of hydrogen-bond acceptors (Lipinski definition) is 2. The quantitative estimate of drug-likeness (QED) is 0.867. The van der Waals surface area contributed by atoms with Crippen molar-refractivity contribution in [3.05, 3.63) is 35.0 Å². The van der Waals surface area contributed by atoms with Crippen molar-refractivity contribution in [2.75, 3.05) is 19.6 Å². The van der Waals surface area contributed by atoms with Crippen LogP contribution in [-0.2, 0) is 13.0 Å². The normalized spacial score (nSPS) is 15.7. The predicted octanol–water partition coefficient (Wildman–Crippen LogP) is 4.12. The van der Waals surface area contributed by atoms with Crippen molar-refractivity contribution >= 4 is 16.9 Å². The Hall–Kier alpha value is -1.81. The minimum Gasteiger partial charge on any atom is -0.478 e. The van der Waals surface area contributed by atoms with E-state index in [1.165, 1.54) is 31.5 Å².